The van der Waals surface area contributed by atoms with Crippen LogP contribution >= 0.6 is 0 Å². The molecule has 1 amide bonds. The number of nitrogens with one attached hydrogen (secondary N) is 1. The van der Waals surface area contributed by atoms with Gasteiger partial charge in [-0.1, -0.05) is 50.1 Å². The second-order valence-electron chi connectivity index (χ2n) is 5.72. The smallest absolute Gasteiger partial charge is 0.319 e. The molecule has 2 aromatic rings. The molecule has 6 heteroatoms. The lowest BCUT2D eigenvalue weighted by Gasteiger charge is -2.20. The van der Waals surface area contributed by atoms with Crippen molar-refractivity contribution in [1.82, 2.24) is 14.9 Å². The summed E-state index contributed by atoms with van der Waals surface area (Å²) < 4.78 is 26.9. The summed E-state index contributed by atoms with van der Waals surface area (Å²) in [6, 6.07) is 9.00. The van der Waals surface area contributed by atoms with Crippen LogP contribution in [-0.2, 0) is 11.2 Å². The van der Waals surface area contributed by atoms with Crippen molar-refractivity contribution in [2.75, 3.05) is 0 Å². The van der Waals surface area contributed by atoms with Crippen molar-refractivity contribution in [1.29, 1.82) is 0 Å². The highest BCUT2D eigenvalue weighted by Gasteiger charge is 2.19. The van der Waals surface area contributed by atoms with Crippen LogP contribution in [0.25, 0.3) is 0 Å². The Morgan fingerprint density at radius 1 is 1.25 bits per heavy atom. The topological polar surface area (TPSA) is 46.9 Å². The van der Waals surface area contributed by atoms with Crippen LogP contribution in [0.1, 0.15) is 56.6 Å². The number of carbonyl (C=O) groups excluding carboxylic acids is 1. The van der Waals surface area contributed by atoms with Crippen LogP contribution in [-0.4, -0.2) is 15.5 Å². The number of alkyl halides is 2. The molecule has 1 aromatic heterocycles. The van der Waals surface area contributed by atoms with Crippen LogP contribution in [0.2, 0.25) is 0 Å². The summed E-state index contributed by atoms with van der Waals surface area (Å²) in [6.45, 7) is -0.561. The first kappa shape index (κ1) is 18.1. The average molecular weight is 335 g/mol. The first-order chi connectivity index (χ1) is 11.6. The Morgan fingerprint density at radius 3 is 2.67 bits per heavy atom. The van der Waals surface area contributed by atoms with Gasteiger partial charge in [-0.15, -0.1) is 0 Å². The summed E-state index contributed by atoms with van der Waals surface area (Å²) in [4.78, 5) is 16.2. The van der Waals surface area contributed by atoms with E-state index in [-0.39, 0.29) is 24.2 Å². The molecule has 24 heavy (non-hydrogen) atoms. The predicted octanol–water partition coefficient (Wildman–Crippen LogP) is 4.26. The van der Waals surface area contributed by atoms with Crippen LogP contribution in [0.5, 0.6) is 0 Å². The van der Waals surface area contributed by atoms with Gasteiger partial charge < -0.3 is 5.32 Å². The Morgan fingerprint density at radius 2 is 2.00 bits per heavy atom. The molecule has 2 rings (SSSR count). The van der Waals surface area contributed by atoms with Gasteiger partial charge in [0, 0.05) is 25.2 Å². The highest BCUT2D eigenvalue weighted by molar-refractivity contribution is 5.76. The zero-order chi connectivity index (χ0) is 17.4. The summed E-state index contributed by atoms with van der Waals surface area (Å²) in [5.41, 5.74) is 0.880. The van der Waals surface area contributed by atoms with Crippen LogP contribution in [0.4, 0.5) is 8.78 Å². The monoisotopic (exact) mass is 335 g/mol. The Hall–Kier alpha value is -2.24. The molecule has 0 spiro atoms. The SMILES string of the molecule is CCCCCC(=O)NC(Cc1nccn1C(F)F)c1ccccc1. The Labute approximate surface area is 140 Å². The fourth-order valence-corrected chi connectivity index (χ4v) is 2.60. The van der Waals surface area contributed by atoms with Crippen molar-refractivity contribution in [3.8, 4) is 0 Å². The van der Waals surface area contributed by atoms with Gasteiger partial charge in [-0.05, 0) is 12.0 Å². The maximum absolute atomic E-state index is 13.0. The molecule has 0 aliphatic rings. The first-order valence-electron chi connectivity index (χ1n) is 8.26. The summed E-state index contributed by atoms with van der Waals surface area (Å²) >= 11 is 0. The van der Waals surface area contributed by atoms with Crippen molar-refractivity contribution < 1.29 is 13.6 Å². The highest BCUT2D eigenvalue weighted by Crippen LogP contribution is 2.21. The number of aromatic nitrogens is 2. The number of nitrogens with zero attached hydrogens (tertiary/aromatic N) is 2. The number of carbonyl (C=O) groups is 1. The maximum atomic E-state index is 13.0. The second-order valence-corrected chi connectivity index (χ2v) is 5.72. The minimum atomic E-state index is -2.64. The number of halogens is 2. The van der Waals surface area contributed by atoms with Crippen molar-refractivity contribution in [3.05, 3.63) is 54.1 Å². The van der Waals surface area contributed by atoms with E-state index >= 15 is 0 Å². The summed E-state index contributed by atoms with van der Waals surface area (Å²) in [7, 11) is 0. The largest absolute Gasteiger partial charge is 0.349 e. The molecule has 0 fully saturated rings. The summed E-state index contributed by atoms with van der Waals surface area (Å²) in [6.07, 6.45) is 6.15. The van der Waals surface area contributed by atoms with Gasteiger partial charge in [0.1, 0.15) is 5.82 Å². The fraction of sp³-hybridized carbons (Fsp3) is 0.444. The Bertz CT molecular complexity index is 628. The van der Waals surface area contributed by atoms with Gasteiger partial charge in [0.15, 0.2) is 0 Å². The highest BCUT2D eigenvalue weighted by atomic mass is 19.3. The van der Waals surface area contributed by atoms with Gasteiger partial charge >= 0.3 is 6.55 Å². The first-order valence-corrected chi connectivity index (χ1v) is 8.26. The van der Waals surface area contributed by atoms with E-state index in [0.717, 1.165) is 29.4 Å². The molecule has 1 unspecified atom stereocenters. The lowest BCUT2D eigenvalue weighted by molar-refractivity contribution is -0.122. The minimum absolute atomic E-state index is 0.0625. The summed E-state index contributed by atoms with van der Waals surface area (Å²) in [5, 5.41) is 2.96. The number of hydrogen-bond acceptors (Lipinski definition) is 2. The van der Waals surface area contributed by atoms with Gasteiger partial charge in [-0.2, -0.15) is 8.78 Å². The molecule has 0 saturated heterocycles. The summed E-state index contributed by atoms with van der Waals surface area (Å²) in [5.74, 6) is 0.195. The molecule has 1 atom stereocenters. The lowest BCUT2D eigenvalue weighted by Crippen LogP contribution is -2.30. The maximum Gasteiger partial charge on any atom is 0.319 e. The molecule has 0 aliphatic carbocycles. The van der Waals surface area contributed by atoms with E-state index in [4.69, 9.17) is 0 Å². The number of benzene rings is 1. The van der Waals surface area contributed by atoms with E-state index in [0.29, 0.717) is 6.42 Å². The normalized spacial score (nSPS) is 12.3. The molecule has 1 N–H and O–H groups in total. The standard InChI is InChI=1S/C18H23F2N3O/c1-2-3-5-10-17(24)22-15(14-8-6-4-7-9-14)13-16-21-11-12-23(16)18(19)20/h4,6-9,11-12,15,18H,2-3,5,10,13H2,1H3,(H,22,24). The quantitative estimate of drug-likeness (QED) is 0.696. The van der Waals surface area contributed by atoms with Crippen LogP contribution in [0.3, 0.4) is 0 Å². The van der Waals surface area contributed by atoms with Gasteiger partial charge in [0.2, 0.25) is 5.91 Å². The van der Waals surface area contributed by atoms with Gasteiger partial charge in [0.05, 0.1) is 6.04 Å². The third-order valence-corrected chi connectivity index (χ3v) is 3.89. The van der Waals surface area contributed by atoms with Crippen LogP contribution in [0.15, 0.2) is 42.7 Å². The molecular formula is C18H23F2N3O. The molecule has 1 aromatic carbocycles. The molecule has 0 radical (unpaired) electrons. The number of hydrogen-bond donors (Lipinski definition) is 1. The number of rotatable bonds is 9. The molecule has 0 saturated carbocycles. The van der Waals surface area contributed by atoms with E-state index in [9.17, 15) is 13.6 Å². The average Bonchev–Trinajstić information content (AvgIpc) is 3.04. The number of imidazole rings is 1. The Balaban J connectivity index is 2.11. The zero-order valence-electron chi connectivity index (χ0n) is 13.8. The van der Waals surface area contributed by atoms with Crippen LogP contribution in [0, 0.1) is 0 Å². The zero-order valence-corrected chi connectivity index (χ0v) is 13.8. The third-order valence-electron chi connectivity index (χ3n) is 3.89. The molecule has 1 heterocycles. The van der Waals surface area contributed by atoms with Crippen molar-refractivity contribution in [2.24, 2.45) is 0 Å². The third kappa shape index (κ3) is 5.15. The molecule has 0 bridgehead atoms. The minimum Gasteiger partial charge on any atom is -0.349 e. The lowest BCUT2D eigenvalue weighted by atomic mass is 10.0. The van der Waals surface area contributed by atoms with E-state index in [1.54, 1.807) is 0 Å². The van der Waals surface area contributed by atoms with Crippen molar-refractivity contribution in [3.63, 3.8) is 0 Å². The number of amides is 1. The van der Waals surface area contributed by atoms with Gasteiger partial charge in [-0.3, -0.25) is 9.36 Å². The van der Waals surface area contributed by atoms with E-state index in [2.05, 4.69) is 17.2 Å². The molecule has 0 aliphatic heterocycles. The second kappa shape index (κ2) is 9.15. The van der Waals surface area contributed by atoms with E-state index in [1.165, 1.54) is 12.4 Å². The van der Waals surface area contributed by atoms with E-state index in [1.807, 2.05) is 30.3 Å². The molecule has 130 valence electrons. The van der Waals surface area contributed by atoms with Gasteiger partial charge in [-0.25, -0.2) is 4.98 Å². The van der Waals surface area contributed by atoms with Crippen molar-refractivity contribution in [2.45, 2.75) is 51.6 Å². The number of unbranched alkanes of at least 4 members (excludes halogenated alkanes) is 2. The molecular weight excluding hydrogens is 312 g/mol. The van der Waals surface area contributed by atoms with E-state index < -0.39 is 6.55 Å². The Kier molecular flexibility index (Phi) is 6.90. The fourth-order valence-electron chi connectivity index (χ4n) is 2.60. The van der Waals surface area contributed by atoms with Gasteiger partial charge in [0.25, 0.3) is 0 Å². The molecule has 4 nitrogen and oxygen atoms in total. The predicted molar refractivity (Wildman–Crippen MR) is 88.7 cm³/mol. The van der Waals surface area contributed by atoms with Crippen molar-refractivity contribution >= 4 is 5.91 Å². The van der Waals surface area contributed by atoms with Crippen LogP contribution < -0.4 is 5.32 Å².